The lowest BCUT2D eigenvalue weighted by Gasteiger charge is -2.14. The van der Waals surface area contributed by atoms with Crippen LogP contribution in [0.5, 0.6) is 0 Å². The average molecular weight is 569 g/mol. The third-order valence-corrected chi connectivity index (χ3v) is 5.67. The Kier molecular flexibility index (Phi) is 11.9. The lowest BCUT2D eigenvalue weighted by Crippen LogP contribution is -2.36. The fraction of sp³-hybridized carbons (Fsp3) is 0.300. The summed E-state index contributed by atoms with van der Waals surface area (Å²) in [6.07, 6.45) is -5.70. The van der Waals surface area contributed by atoms with E-state index < -0.39 is 39.7 Å². The summed E-state index contributed by atoms with van der Waals surface area (Å²) in [5.41, 5.74) is 10.2. The summed E-state index contributed by atoms with van der Waals surface area (Å²) in [5.74, 6) is -1.13. The van der Waals surface area contributed by atoms with Gasteiger partial charge in [-0.2, -0.15) is 13.2 Å². The summed E-state index contributed by atoms with van der Waals surface area (Å²) < 4.78 is 59.7. The van der Waals surface area contributed by atoms with Crippen LogP contribution in [0.25, 0.3) is 0 Å². The lowest BCUT2D eigenvalue weighted by atomic mass is 10.2. The molecule has 1 aromatic heterocycles. The first kappa shape index (κ1) is 31.2. The SMILES string of the molecule is Cc1ccc(NS(=O)(=O)Cc2ccccc2Cl)c(=O)n1CC(=O)NCCON=C(N)N.O=CC(F)(F)F. The van der Waals surface area contributed by atoms with E-state index in [1.807, 2.05) is 0 Å². The first-order chi connectivity index (χ1) is 17.1. The molecule has 17 heteroatoms. The minimum absolute atomic E-state index is 0.0272. The minimum atomic E-state index is -4.64. The zero-order valence-corrected chi connectivity index (χ0v) is 20.9. The van der Waals surface area contributed by atoms with Crippen LogP contribution in [0.2, 0.25) is 5.02 Å². The number of sulfonamides is 1. The number of nitrogens with one attached hydrogen (secondary N) is 2. The number of aryl methyl sites for hydroxylation is 1. The van der Waals surface area contributed by atoms with E-state index in [-0.39, 0.29) is 31.3 Å². The Labute approximate surface area is 214 Å². The standard InChI is InChI=1S/C18H23ClN6O5S.C2HF3O/c1-12-6-7-15(24-31(28,29)11-13-4-2-3-5-14(13)19)17(27)25(12)10-16(26)22-8-9-30-23-18(20)21;3-2(4,5)1-6/h2-7,24H,8-11H2,1H3,(H,22,26)(H4,20,21,23);1H. The second-order valence-electron chi connectivity index (χ2n) is 7.09. The van der Waals surface area contributed by atoms with E-state index >= 15 is 0 Å². The molecule has 0 fully saturated rings. The Morgan fingerprint density at radius 3 is 2.41 bits per heavy atom. The smallest absolute Gasteiger partial charge is 0.391 e. The Bertz CT molecular complexity index is 1280. The van der Waals surface area contributed by atoms with Crippen LogP contribution in [0.4, 0.5) is 18.9 Å². The van der Waals surface area contributed by atoms with Gasteiger partial charge in [-0.3, -0.25) is 19.1 Å². The normalized spacial score (nSPS) is 10.9. The van der Waals surface area contributed by atoms with Crippen molar-refractivity contribution in [1.82, 2.24) is 9.88 Å². The highest BCUT2D eigenvalue weighted by atomic mass is 35.5. The summed E-state index contributed by atoms with van der Waals surface area (Å²) in [7, 11) is -3.92. The summed E-state index contributed by atoms with van der Waals surface area (Å²) in [4.78, 5) is 38.3. The van der Waals surface area contributed by atoms with Gasteiger partial charge in [0.05, 0.1) is 12.3 Å². The van der Waals surface area contributed by atoms with Crippen molar-refractivity contribution < 1.29 is 36.0 Å². The maximum Gasteiger partial charge on any atom is 0.446 e. The molecule has 12 nitrogen and oxygen atoms in total. The molecule has 0 aliphatic rings. The third kappa shape index (κ3) is 12.1. The van der Waals surface area contributed by atoms with Crippen LogP contribution >= 0.6 is 11.6 Å². The molecule has 6 N–H and O–H groups in total. The summed E-state index contributed by atoms with van der Waals surface area (Å²) in [6.45, 7) is 1.44. The summed E-state index contributed by atoms with van der Waals surface area (Å²) in [5, 5.41) is 6.15. The fourth-order valence-corrected chi connectivity index (χ4v) is 4.03. The van der Waals surface area contributed by atoms with E-state index in [0.29, 0.717) is 16.3 Å². The van der Waals surface area contributed by atoms with Crippen LogP contribution in [0.15, 0.2) is 46.3 Å². The molecule has 37 heavy (non-hydrogen) atoms. The molecular formula is C20H24ClF3N6O6S. The number of anilines is 1. The van der Waals surface area contributed by atoms with E-state index in [4.69, 9.17) is 32.7 Å². The van der Waals surface area contributed by atoms with Crippen molar-refractivity contribution in [1.29, 1.82) is 0 Å². The number of carbonyl (C=O) groups excluding carboxylic acids is 2. The van der Waals surface area contributed by atoms with Gasteiger partial charge in [-0.25, -0.2) is 8.42 Å². The molecule has 2 rings (SSSR count). The van der Waals surface area contributed by atoms with Crippen molar-refractivity contribution in [2.45, 2.75) is 25.4 Å². The molecule has 1 amide bonds. The molecule has 1 heterocycles. The van der Waals surface area contributed by atoms with Crippen LogP contribution in [-0.4, -0.2) is 50.5 Å². The van der Waals surface area contributed by atoms with E-state index in [1.54, 1.807) is 31.2 Å². The number of benzene rings is 1. The number of rotatable bonds is 10. The Balaban J connectivity index is 0.00000102. The number of aromatic nitrogens is 1. The van der Waals surface area contributed by atoms with Gasteiger partial charge in [0.25, 0.3) is 5.56 Å². The maximum atomic E-state index is 12.7. The van der Waals surface area contributed by atoms with Crippen LogP contribution in [0.1, 0.15) is 11.3 Å². The number of pyridine rings is 1. The van der Waals surface area contributed by atoms with Crippen molar-refractivity contribution in [3.8, 4) is 0 Å². The highest BCUT2D eigenvalue weighted by molar-refractivity contribution is 7.91. The van der Waals surface area contributed by atoms with Gasteiger partial charge in [0.1, 0.15) is 18.8 Å². The van der Waals surface area contributed by atoms with Crippen LogP contribution in [0.3, 0.4) is 0 Å². The second kappa shape index (κ2) is 14.1. The van der Waals surface area contributed by atoms with Crippen LogP contribution < -0.4 is 27.1 Å². The Hall–Kier alpha value is -3.79. The molecule has 0 unspecified atom stereocenters. The highest BCUT2D eigenvalue weighted by Crippen LogP contribution is 2.18. The molecule has 0 saturated heterocycles. The van der Waals surface area contributed by atoms with Crippen LogP contribution in [0, 0.1) is 6.92 Å². The zero-order valence-electron chi connectivity index (χ0n) is 19.3. The van der Waals surface area contributed by atoms with Gasteiger partial charge in [-0.05, 0) is 35.8 Å². The quantitative estimate of drug-likeness (QED) is 0.106. The highest BCUT2D eigenvalue weighted by Gasteiger charge is 2.25. The number of hydrogen-bond donors (Lipinski definition) is 4. The topological polar surface area (TPSA) is 188 Å². The lowest BCUT2D eigenvalue weighted by molar-refractivity contribution is -0.156. The largest absolute Gasteiger partial charge is 0.446 e. The van der Waals surface area contributed by atoms with Gasteiger partial charge in [0, 0.05) is 10.7 Å². The van der Waals surface area contributed by atoms with E-state index in [2.05, 4.69) is 15.2 Å². The van der Waals surface area contributed by atoms with Gasteiger partial charge in [-0.1, -0.05) is 29.8 Å². The first-order valence-electron chi connectivity index (χ1n) is 10.1. The second-order valence-corrected chi connectivity index (χ2v) is 9.22. The molecule has 0 bridgehead atoms. The van der Waals surface area contributed by atoms with Crippen LogP contribution in [-0.2, 0) is 36.7 Å². The van der Waals surface area contributed by atoms with E-state index in [0.717, 1.165) is 4.57 Å². The number of hydrogen-bond acceptors (Lipinski definition) is 7. The van der Waals surface area contributed by atoms with Crippen molar-refractivity contribution in [2.75, 3.05) is 17.9 Å². The van der Waals surface area contributed by atoms with Gasteiger partial charge in [-0.15, -0.1) is 0 Å². The molecule has 0 saturated carbocycles. The number of alkyl halides is 3. The van der Waals surface area contributed by atoms with Crippen molar-refractivity contribution >= 4 is 45.5 Å². The molecule has 0 radical (unpaired) electrons. The minimum Gasteiger partial charge on any atom is -0.391 e. The molecule has 204 valence electrons. The van der Waals surface area contributed by atoms with Gasteiger partial charge < -0.3 is 26.2 Å². The molecule has 1 aromatic carbocycles. The van der Waals surface area contributed by atoms with E-state index in [9.17, 15) is 31.2 Å². The first-order valence-corrected chi connectivity index (χ1v) is 12.1. The van der Waals surface area contributed by atoms with Gasteiger partial charge in [0.2, 0.25) is 28.2 Å². The van der Waals surface area contributed by atoms with Crippen molar-refractivity contribution in [2.24, 2.45) is 16.6 Å². The number of nitrogens with two attached hydrogens (primary N) is 2. The number of guanidine groups is 1. The molecule has 0 aliphatic heterocycles. The number of halogens is 4. The van der Waals surface area contributed by atoms with Crippen molar-refractivity contribution in [3.05, 3.63) is 63.0 Å². The third-order valence-electron chi connectivity index (χ3n) is 4.08. The molecule has 2 aromatic rings. The predicted molar refractivity (Wildman–Crippen MR) is 130 cm³/mol. The number of oxime groups is 1. The fourth-order valence-electron chi connectivity index (χ4n) is 2.52. The zero-order chi connectivity index (χ0) is 28.2. The predicted octanol–water partition coefficient (Wildman–Crippen LogP) is 0.821. The number of carbonyl (C=O) groups is 2. The van der Waals surface area contributed by atoms with Gasteiger partial charge in [0.15, 0.2) is 0 Å². The Morgan fingerprint density at radius 1 is 1.22 bits per heavy atom. The maximum absolute atomic E-state index is 12.7. The molecule has 0 spiro atoms. The summed E-state index contributed by atoms with van der Waals surface area (Å²) >= 11 is 6.01. The summed E-state index contributed by atoms with van der Waals surface area (Å²) in [6, 6.07) is 9.38. The monoisotopic (exact) mass is 568 g/mol. The van der Waals surface area contributed by atoms with Gasteiger partial charge >= 0.3 is 6.18 Å². The molecule has 0 aliphatic carbocycles. The Morgan fingerprint density at radius 2 is 1.84 bits per heavy atom. The van der Waals surface area contributed by atoms with E-state index in [1.165, 1.54) is 12.1 Å². The number of amides is 1. The van der Waals surface area contributed by atoms with Crippen molar-refractivity contribution in [3.63, 3.8) is 0 Å². The number of nitrogens with zero attached hydrogens (tertiary/aromatic N) is 2. The molecule has 0 atom stereocenters. The number of aldehydes is 1. The average Bonchev–Trinajstić information content (AvgIpc) is 2.79. The molecular weight excluding hydrogens is 545 g/mol.